The smallest absolute Gasteiger partial charge is 0.168 e. The van der Waals surface area contributed by atoms with Crippen molar-refractivity contribution >= 4 is 33.3 Å². The van der Waals surface area contributed by atoms with Crippen molar-refractivity contribution in [2.45, 2.75) is 26.2 Å². The van der Waals surface area contributed by atoms with Crippen LogP contribution in [-0.2, 0) is 6.42 Å². The zero-order valence-corrected chi connectivity index (χ0v) is 13.8. The largest absolute Gasteiger partial charge is 0.294 e. The van der Waals surface area contributed by atoms with Crippen molar-refractivity contribution in [1.29, 1.82) is 0 Å². The maximum Gasteiger partial charge on any atom is 0.168 e. The molecule has 20 heavy (non-hydrogen) atoms. The van der Waals surface area contributed by atoms with Crippen LogP contribution < -0.4 is 0 Å². The van der Waals surface area contributed by atoms with Crippen LogP contribution in [0.4, 0.5) is 0 Å². The predicted octanol–water partition coefficient (Wildman–Crippen LogP) is 5.65. The Balaban J connectivity index is 2.17. The molecule has 2 aromatic rings. The Morgan fingerprint density at radius 3 is 2.40 bits per heavy atom. The lowest BCUT2D eigenvalue weighted by Gasteiger charge is -2.08. The third-order valence-electron chi connectivity index (χ3n) is 3.24. The van der Waals surface area contributed by atoms with Gasteiger partial charge in [0.1, 0.15) is 0 Å². The zero-order valence-electron chi connectivity index (χ0n) is 11.5. The van der Waals surface area contributed by atoms with Crippen LogP contribution in [0.5, 0.6) is 0 Å². The molecule has 0 heterocycles. The van der Waals surface area contributed by atoms with Crippen LogP contribution in [0.15, 0.2) is 46.9 Å². The molecule has 1 nitrogen and oxygen atoms in total. The molecular formula is C17H16BrClO. The number of ketones is 1. The number of Topliss-reactive ketones (excluding diaryl/α,β-unsaturated/α-hetero) is 1. The second-order valence-corrected chi connectivity index (χ2v) is 6.41. The summed E-state index contributed by atoms with van der Waals surface area (Å²) in [4.78, 5) is 12.3. The zero-order chi connectivity index (χ0) is 14.7. The highest BCUT2D eigenvalue weighted by molar-refractivity contribution is 9.10. The van der Waals surface area contributed by atoms with Gasteiger partial charge in [-0.25, -0.2) is 0 Å². The third kappa shape index (κ3) is 3.71. The van der Waals surface area contributed by atoms with E-state index in [1.807, 2.05) is 12.1 Å². The first-order chi connectivity index (χ1) is 9.47. The predicted molar refractivity (Wildman–Crippen MR) is 87.7 cm³/mol. The van der Waals surface area contributed by atoms with E-state index in [-0.39, 0.29) is 5.78 Å². The molecule has 0 fully saturated rings. The SMILES string of the molecule is CC(C)c1ccc(CC(=O)c2cc(Cl)ccc2Br)cc1. The highest BCUT2D eigenvalue weighted by Crippen LogP contribution is 2.23. The summed E-state index contributed by atoms with van der Waals surface area (Å²) < 4.78 is 0.783. The fourth-order valence-electron chi connectivity index (χ4n) is 2.01. The van der Waals surface area contributed by atoms with Crippen molar-refractivity contribution in [2.75, 3.05) is 0 Å². The number of benzene rings is 2. The van der Waals surface area contributed by atoms with E-state index in [9.17, 15) is 4.79 Å². The van der Waals surface area contributed by atoms with Gasteiger partial charge in [0.2, 0.25) is 0 Å². The third-order valence-corrected chi connectivity index (χ3v) is 4.17. The summed E-state index contributed by atoms with van der Waals surface area (Å²) in [5.74, 6) is 0.568. The van der Waals surface area contributed by atoms with Gasteiger partial charge in [-0.3, -0.25) is 4.79 Å². The number of rotatable bonds is 4. The standard InChI is InChI=1S/C17H16BrClO/c1-11(2)13-5-3-12(4-6-13)9-17(20)15-10-14(19)7-8-16(15)18/h3-8,10-11H,9H2,1-2H3. The molecule has 3 heteroatoms. The van der Waals surface area contributed by atoms with Crippen molar-refractivity contribution in [3.05, 3.63) is 68.7 Å². The summed E-state index contributed by atoms with van der Waals surface area (Å²) in [6.45, 7) is 4.31. The number of carbonyl (C=O) groups excluding carboxylic acids is 1. The van der Waals surface area contributed by atoms with E-state index in [1.54, 1.807) is 18.2 Å². The normalized spacial score (nSPS) is 10.8. The van der Waals surface area contributed by atoms with E-state index in [4.69, 9.17) is 11.6 Å². The monoisotopic (exact) mass is 350 g/mol. The van der Waals surface area contributed by atoms with E-state index in [0.717, 1.165) is 10.0 Å². The van der Waals surface area contributed by atoms with Gasteiger partial charge in [-0.15, -0.1) is 0 Å². The molecule has 0 aromatic heterocycles. The lowest BCUT2D eigenvalue weighted by atomic mass is 9.98. The number of hydrogen-bond acceptors (Lipinski definition) is 1. The van der Waals surface area contributed by atoms with E-state index >= 15 is 0 Å². The minimum absolute atomic E-state index is 0.0664. The number of halogens is 2. The summed E-state index contributed by atoms with van der Waals surface area (Å²) in [6, 6.07) is 13.5. The molecule has 0 aliphatic rings. The van der Waals surface area contributed by atoms with Crippen LogP contribution in [0.1, 0.15) is 41.3 Å². The second kappa shape index (κ2) is 6.55. The lowest BCUT2D eigenvalue weighted by molar-refractivity contribution is 0.0992. The van der Waals surface area contributed by atoms with Gasteiger partial charge in [0, 0.05) is 21.5 Å². The molecule has 2 rings (SSSR count). The molecule has 0 bridgehead atoms. The molecule has 2 aromatic carbocycles. The summed E-state index contributed by atoms with van der Waals surface area (Å²) in [6.07, 6.45) is 0.386. The first kappa shape index (κ1) is 15.3. The molecule has 0 saturated heterocycles. The van der Waals surface area contributed by atoms with Crippen LogP contribution in [0, 0.1) is 0 Å². The molecule has 0 aliphatic heterocycles. The van der Waals surface area contributed by atoms with Crippen LogP contribution >= 0.6 is 27.5 Å². The molecular weight excluding hydrogens is 336 g/mol. The lowest BCUT2D eigenvalue weighted by Crippen LogP contribution is -2.04. The summed E-state index contributed by atoms with van der Waals surface area (Å²) in [5, 5.41) is 0.576. The highest BCUT2D eigenvalue weighted by Gasteiger charge is 2.11. The first-order valence-corrected chi connectivity index (χ1v) is 7.71. The highest BCUT2D eigenvalue weighted by atomic mass is 79.9. The summed E-state index contributed by atoms with van der Waals surface area (Å²) in [5.41, 5.74) is 2.93. The van der Waals surface area contributed by atoms with Gasteiger partial charge in [0.05, 0.1) is 0 Å². The molecule has 0 atom stereocenters. The summed E-state index contributed by atoms with van der Waals surface area (Å²) in [7, 11) is 0. The van der Waals surface area contributed by atoms with Gasteiger partial charge < -0.3 is 0 Å². The van der Waals surface area contributed by atoms with Crippen LogP contribution in [0.3, 0.4) is 0 Å². The minimum Gasteiger partial charge on any atom is -0.294 e. The van der Waals surface area contributed by atoms with Crippen molar-refractivity contribution in [3.8, 4) is 0 Å². The molecule has 0 amide bonds. The van der Waals surface area contributed by atoms with Gasteiger partial charge in [-0.2, -0.15) is 0 Å². The number of carbonyl (C=O) groups is 1. The molecule has 0 spiro atoms. The summed E-state index contributed by atoms with van der Waals surface area (Å²) >= 11 is 9.34. The topological polar surface area (TPSA) is 17.1 Å². The van der Waals surface area contributed by atoms with Crippen LogP contribution in [0.25, 0.3) is 0 Å². The maximum absolute atomic E-state index is 12.3. The molecule has 0 unspecified atom stereocenters. The van der Waals surface area contributed by atoms with Crippen LogP contribution in [0.2, 0.25) is 5.02 Å². The van der Waals surface area contributed by atoms with Crippen molar-refractivity contribution < 1.29 is 4.79 Å². The van der Waals surface area contributed by atoms with Gasteiger partial charge >= 0.3 is 0 Å². The Morgan fingerprint density at radius 1 is 1.15 bits per heavy atom. The minimum atomic E-state index is 0.0664. The molecule has 0 aliphatic carbocycles. The fourth-order valence-corrected chi connectivity index (χ4v) is 2.65. The van der Waals surface area contributed by atoms with Crippen molar-refractivity contribution in [3.63, 3.8) is 0 Å². The Kier molecular flexibility index (Phi) is 5.00. The molecule has 0 saturated carbocycles. The van der Waals surface area contributed by atoms with Gasteiger partial charge in [-0.05, 0) is 35.2 Å². The van der Waals surface area contributed by atoms with Gasteiger partial charge in [-0.1, -0.05) is 65.6 Å². The van der Waals surface area contributed by atoms with E-state index in [2.05, 4.69) is 41.9 Å². The maximum atomic E-state index is 12.3. The average Bonchev–Trinajstić information content (AvgIpc) is 2.42. The molecule has 0 N–H and O–H groups in total. The average molecular weight is 352 g/mol. The Bertz CT molecular complexity index is 617. The van der Waals surface area contributed by atoms with E-state index in [0.29, 0.717) is 22.9 Å². The molecule has 0 radical (unpaired) electrons. The Labute approximate surface area is 133 Å². The molecule has 104 valence electrons. The Morgan fingerprint density at radius 2 is 1.80 bits per heavy atom. The van der Waals surface area contributed by atoms with E-state index in [1.165, 1.54) is 5.56 Å². The van der Waals surface area contributed by atoms with Gasteiger partial charge in [0.25, 0.3) is 0 Å². The van der Waals surface area contributed by atoms with Crippen molar-refractivity contribution in [2.24, 2.45) is 0 Å². The van der Waals surface area contributed by atoms with Crippen molar-refractivity contribution in [1.82, 2.24) is 0 Å². The fraction of sp³-hybridized carbons (Fsp3) is 0.235. The van der Waals surface area contributed by atoms with E-state index < -0.39 is 0 Å². The number of hydrogen-bond donors (Lipinski definition) is 0. The van der Waals surface area contributed by atoms with Crippen LogP contribution in [-0.4, -0.2) is 5.78 Å². The second-order valence-electron chi connectivity index (χ2n) is 5.12. The van der Waals surface area contributed by atoms with Gasteiger partial charge in [0.15, 0.2) is 5.78 Å². The first-order valence-electron chi connectivity index (χ1n) is 6.54. The quantitative estimate of drug-likeness (QED) is 0.650. The Hall–Kier alpha value is -1.12.